The molecule has 1 atom stereocenters. The van der Waals surface area contributed by atoms with Crippen LogP contribution in [-0.4, -0.2) is 37.9 Å². The summed E-state index contributed by atoms with van der Waals surface area (Å²) in [6, 6.07) is 0. The van der Waals surface area contributed by atoms with Crippen LogP contribution in [0, 0.1) is 0 Å². The molecule has 1 unspecified atom stereocenters. The SMILES string of the molecule is CC/C=C\C/C=C\C/C=C\C/C=C\C/C=C\C/C=C\CCC(=O)OCC(COCCCCCCCCCCCC/C=C\C/C=C\CCCCC)OC(=O)CC/C=C\C/C=C\C/C=C\C/C=C\CC. The molecule has 0 aliphatic heterocycles. The van der Waals surface area contributed by atoms with Crippen molar-refractivity contribution < 1.29 is 23.8 Å². The molecular formula is C63H100O5. The van der Waals surface area contributed by atoms with Crippen molar-refractivity contribution in [3.05, 3.63) is 146 Å². The Kier molecular flexibility index (Phi) is 53.6. The van der Waals surface area contributed by atoms with E-state index in [2.05, 4.69) is 154 Å². The summed E-state index contributed by atoms with van der Waals surface area (Å²) in [5, 5.41) is 0. The molecule has 68 heavy (non-hydrogen) atoms. The van der Waals surface area contributed by atoms with Crippen LogP contribution >= 0.6 is 0 Å². The largest absolute Gasteiger partial charge is 0.462 e. The van der Waals surface area contributed by atoms with Crippen molar-refractivity contribution in [3.63, 3.8) is 0 Å². The highest BCUT2D eigenvalue weighted by Gasteiger charge is 2.17. The van der Waals surface area contributed by atoms with Gasteiger partial charge in [0.25, 0.3) is 0 Å². The van der Waals surface area contributed by atoms with Crippen molar-refractivity contribution in [1.29, 1.82) is 0 Å². The number of hydrogen-bond donors (Lipinski definition) is 0. The molecule has 382 valence electrons. The molecule has 0 fully saturated rings. The molecular weight excluding hydrogens is 837 g/mol. The van der Waals surface area contributed by atoms with E-state index in [0.717, 1.165) is 83.5 Å². The maximum Gasteiger partial charge on any atom is 0.306 e. The first-order valence-electron chi connectivity index (χ1n) is 27.4. The fraction of sp³-hybridized carbons (Fsp3) is 0.587. The zero-order chi connectivity index (χ0) is 49.2. The molecule has 0 saturated carbocycles. The summed E-state index contributed by atoms with van der Waals surface area (Å²) in [7, 11) is 0. The number of rotatable bonds is 48. The summed E-state index contributed by atoms with van der Waals surface area (Å²) in [4.78, 5) is 25.4. The Hall–Kier alpha value is -4.22. The summed E-state index contributed by atoms with van der Waals surface area (Å²) in [5.41, 5.74) is 0. The maximum absolute atomic E-state index is 12.8. The van der Waals surface area contributed by atoms with Crippen LogP contribution in [0.4, 0.5) is 0 Å². The number of ether oxygens (including phenoxy) is 3. The molecule has 0 heterocycles. The van der Waals surface area contributed by atoms with Crippen LogP contribution in [0.15, 0.2) is 146 Å². The van der Waals surface area contributed by atoms with Crippen molar-refractivity contribution in [3.8, 4) is 0 Å². The lowest BCUT2D eigenvalue weighted by Gasteiger charge is -2.18. The van der Waals surface area contributed by atoms with Crippen molar-refractivity contribution in [1.82, 2.24) is 0 Å². The van der Waals surface area contributed by atoms with Gasteiger partial charge in [-0.3, -0.25) is 9.59 Å². The van der Waals surface area contributed by atoms with Crippen molar-refractivity contribution in [2.75, 3.05) is 19.8 Å². The smallest absolute Gasteiger partial charge is 0.306 e. The second kappa shape index (κ2) is 57.1. The molecule has 0 aliphatic carbocycles. The monoisotopic (exact) mass is 937 g/mol. The number of carbonyl (C=O) groups is 2. The summed E-state index contributed by atoms with van der Waals surface area (Å²) < 4.78 is 17.3. The third-order valence-electron chi connectivity index (χ3n) is 10.9. The van der Waals surface area contributed by atoms with Gasteiger partial charge in [0.1, 0.15) is 6.61 Å². The first kappa shape index (κ1) is 63.8. The predicted octanol–water partition coefficient (Wildman–Crippen LogP) is 18.9. The highest BCUT2D eigenvalue weighted by atomic mass is 16.6. The Bertz CT molecular complexity index is 1480. The van der Waals surface area contributed by atoms with E-state index in [4.69, 9.17) is 14.2 Å². The third kappa shape index (κ3) is 54.4. The van der Waals surface area contributed by atoms with Gasteiger partial charge in [0.2, 0.25) is 0 Å². The summed E-state index contributed by atoms with van der Waals surface area (Å²) in [6.45, 7) is 7.39. The van der Waals surface area contributed by atoms with Crippen LogP contribution in [0.5, 0.6) is 0 Å². The molecule has 5 heteroatoms. The summed E-state index contributed by atoms with van der Waals surface area (Å²) >= 11 is 0. The van der Waals surface area contributed by atoms with Crippen LogP contribution in [0.25, 0.3) is 0 Å². The average Bonchev–Trinajstić information content (AvgIpc) is 3.34. The molecule has 0 rings (SSSR count). The van der Waals surface area contributed by atoms with Gasteiger partial charge in [-0.15, -0.1) is 0 Å². The van der Waals surface area contributed by atoms with Gasteiger partial charge in [0, 0.05) is 19.4 Å². The standard InChI is InChI=1S/C63H100O5/c1-4-7-10-13-16-19-22-25-27-29-31-33-35-37-40-43-46-49-52-55-58-66-59-61(68-63(65)57-54-51-48-45-42-38-24-21-18-15-12-9-6-3)60-67-62(64)56-53-50-47-44-41-39-36-34-32-30-28-26-23-20-17-14-11-8-5-2/h8-9,11-12,16-21,25-28,32,34,38-39,41-42,47-48,50-51,61H,4-7,10,13-15,22-24,29-31,33,35-37,40,43-46,49,52-60H2,1-3H3/b11-8-,12-9-,19-16-,20-17-,21-18-,27-25-,28-26-,34-32-,41-39-,42-38-,50-47-,51-48-. The predicted molar refractivity (Wildman–Crippen MR) is 297 cm³/mol. The number of esters is 2. The first-order chi connectivity index (χ1) is 33.6. The molecule has 0 aromatic carbocycles. The van der Waals surface area contributed by atoms with E-state index in [-0.39, 0.29) is 38.0 Å². The van der Waals surface area contributed by atoms with Gasteiger partial charge < -0.3 is 14.2 Å². The lowest BCUT2D eigenvalue weighted by Crippen LogP contribution is -2.30. The average molecular weight is 937 g/mol. The van der Waals surface area contributed by atoms with Gasteiger partial charge in [0.05, 0.1) is 6.61 Å². The normalized spacial score (nSPS) is 13.4. The van der Waals surface area contributed by atoms with E-state index < -0.39 is 6.10 Å². The summed E-state index contributed by atoms with van der Waals surface area (Å²) in [5.74, 6) is -0.599. The lowest BCUT2D eigenvalue weighted by atomic mass is 10.1. The van der Waals surface area contributed by atoms with Gasteiger partial charge in [-0.05, 0) is 116 Å². The van der Waals surface area contributed by atoms with Crippen LogP contribution in [0.3, 0.4) is 0 Å². The highest BCUT2D eigenvalue weighted by molar-refractivity contribution is 5.70. The molecule has 0 amide bonds. The van der Waals surface area contributed by atoms with Crippen LogP contribution in [0.2, 0.25) is 0 Å². The molecule has 0 saturated heterocycles. The van der Waals surface area contributed by atoms with Gasteiger partial charge in [-0.1, -0.05) is 231 Å². The molecule has 0 spiro atoms. The minimum atomic E-state index is -0.618. The Morgan fingerprint density at radius 3 is 1.06 bits per heavy atom. The second-order valence-electron chi connectivity index (χ2n) is 17.4. The van der Waals surface area contributed by atoms with Crippen LogP contribution in [-0.2, 0) is 23.8 Å². The van der Waals surface area contributed by atoms with E-state index in [0.29, 0.717) is 19.4 Å². The Labute approximate surface area is 419 Å². The zero-order valence-electron chi connectivity index (χ0n) is 43.8. The number of hydrogen-bond acceptors (Lipinski definition) is 5. The van der Waals surface area contributed by atoms with Crippen LogP contribution < -0.4 is 0 Å². The Morgan fingerprint density at radius 2 is 0.662 bits per heavy atom. The minimum Gasteiger partial charge on any atom is -0.462 e. The molecule has 0 N–H and O–H groups in total. The maximum atomic E-state index is 12.8. The Morgan fingerprint density at radius 1 is 0.338 bits per heavy atom. The molecule has 0 aromatic heterocycles. The molecule has 0 aromatic rings. The van der Waals surface area contributed by atoms with Crippen molar-refractivity contribution in [2.24, 2.45) is 0 Å². The van der Waals surface area contributed by atoms with Gasteiger partial charge in [-0.2, -0.15) is 0 Å². The topological polar surface area (TPSA) is 61.8 Å². The van der Waals surface area contributed by atoms with E-state index in [1.807, 2.05) is 12.2 Å². The zero-order valence-corrected chi connectivity index (χ0v) is 43.8. The fourth-order valence-corrected chi connectivity index (χ4v) is 6.87. The minimum absolute atomic E-state index is 0.00580. The van der Waals surface area contributed by atoms with E-state index in [1.165, 1.54) is 83.5 Å². The van der Waals surface area contributed by atoms with Gasteiger partial charge in [0.15, 0.2) is 6.10 Å². The lowest BCUT2D eigenvalue weighted by molar-refractivity contribution is -0.162. The molecule has 0 radical (unpaired) electrons. The first-order valence-corrected chi connectivity index (χ1v) is 27.4. The van der Waals surface area contributed by atoms with Crippen molar-refractivity contribution >= 4 is 11.9 Å². The Balaban J connectivity index is 4.45. The van der Waals surface area contributed by atoms with Gasteiger partial charge >= 0.3 is 11.9 Å². The van der Waals surface area contributed by atoms with E-state index >= 15 is 0 Å². The van der Waals surface area contributed by atoms with Crippen molar-refractivity contribution in [2.45, 2.75) is 219 Å². The molecule has 5 nitrogen and oxygen atoms in total. The number of carbonyl (C=O) groups excluding carboxylic acids is 2. The summed E-state index contributed by atoms with van der Waals surface area (Å²) in [6.07, 6.45) is 83.2. The molecule has 0 bridgehead atoms. The number of unbranched alkanes of at least 4 members (excludes halogenated alkanes) is 13. The fourth-order valence-electron chi connectivity index (χ4n) is 6.87. The quantitative estimate of drug-likeness (QED) is 0.0346. The highest BCUT2D eigenvalue weighted by Crippen LogP contribution is 2.13. The van der Waals surface area contributed by atoms with Crippen LogP contribution in [0.1, 0.15) is 213 Å². The van der Waals surface area contributed by atoms with E-state index in [1.54, 1.807) is 0 Å². The molecule has 0 aliphatic rings. The number of allylic oxidation sites excluding steroid dienone is 24. The van der Waals surface area contributed by atoms with Gasteiger partial charge in [-0.25, -0.2) is 0 Å². The van der Waals surface area contributed by atoms with E-state index in [9.17, 15) is 9.59 Å². The third-order valence-corrected chi connectivity index (χ3v) is 10.9. The second-order valence-corrected chi connectivity index (χ2v) is 17.4.